The van der Waals surface area contributed by atoms with Crippen LogP contribution < -0.4 is 9.80 Å². The Morgan fingerprint density at radius 3 is 2.80 bits per heavy atom. The van der Waals surface area contributed by atoms with Crippen molar-refractivity contribution in [1.82, 2.24) is 19.6 Å². The molecule has 2 aliphatic rings. The van der Waals surface area contributed by atoms with E-state index in [1.165, 1.54) is 25.3 Å². The van der Waals surface area contributed by atoms with E-state index >= 15 is 0 Å². The van der Waals surface area contributed by atoms with Crippen LogP contribution in [0.1, 0.15) is 50.6 Å². The molecule has 1 aromatic carbocycles. The Bertz CT molecular complexity index is 1330. The molecule has 5 heterocycles. The fourth-order valence-electron chi connectivity index (χ4n) is 5.72. The van der Waals surface area contributed by atoms with Crippen LogP contribution in [0.3, 0.4) is 0 Å². The smallest absolute Gasteiger partial charge is 0.154 e. The first kappa shape index (κ1) is 22.0. The number of benzene rings is 1. The minimum absolute atomic E-state index is 0.121. The lowest BCUT2D eigenvalue weighted by molar-refractivity contribution is 0.529. The molecular weight excluding hydrogens is 439 g/mol. The van der Waals surface area contributed by atoms with Crippen molar-refractivity contribution in [1.29, 1.82) is 0 Å². The molecule has 0 aliphatic carbocycles. The first-order valence-electron chi connectivity index (χ1n) is 12.8. The third kappa shape index (κ3) is 4.24. The molecule has 4 aromatic rings. The Balaban J connectivity index is 1.31. The first-order valence-corrected chi connectivity index (χ1v) is 12.8. The number of rotatable bonds is 6. The van der Waals surface area contributed by atoms with Crippen molar-refractivity contribution in [2.75, 3.05) is 29.4 Å². The van der Waals surface area contributed by atoms with E-state index in [2.05, 4.69) is 33.8 Å². The molecule has 35 heavy (non-hydrogen) atoms. The summed E-state index contributed by atoms with van der Waals surface area (Å²) in [6, 6.07) is 17.3. The van der Waals surface area contributed by atoms with Crippen LogP contribution in [0.4, 0.5) is 16.0 Å². The van der Waals surface area contributed by atoms with Crippen molar-refractivity contribution in [3.05, 3.63) is 72.2 Å². The molecule has 0 bridgehead atoms. The molecule has 0 amide bonds. The number of hydrogen-bond acceptors (Lipinski definition) is 5. The van der Waals surface area contributed by atoms with Gasteiger partial charge in [-0.1, -0.05) is 31.5 Å². The lowest BCUT2D eigenvalue weighted by atomic mass is 10.0. The van der Waals surface area contributed by atoms with Crippen LogP contribution in [-0.2, 0) is 0 Å². The maximum atomic E-state index is 13.9. The van der Waals surface area contributed by atoms with Crippen LogP contribution in [0.5, 0.6) is 0 Å². The van der Waals surface area contributed by atoms with Gasteiger partial charge in [0.2, 0.25) is 0 Å². The van der Waals surface area contributed by atoms with E-state index in [1.807, 2.05) is 35.0 Å². The summed E-state index contributed by atoms with van der Waals surface area (Å²) in [5.74, 6) is 2.47. The number of nitrogens with zero attached hydrogens (tertiary/aromatic N) is 6. The number of pyridine rings is 1. The number of halogens is 1. The largest absolute Gasteiger partial charge is 0.356 e. The Morgan fingerprint density at radius 2 is 1.91 bits per heavy atom. The third-order valence-corrected chi connectivity index (χ3v) is 7.43. The Hall–Kier alpha value is -3.48. The van der Waals surface area contributed by atoms with E-state index in [-0.39, 0.29) is 11.9 Å². The van der Waals surface area contributed by atoms with Crippen LogP contribution in [0.15, 0.2) is 60.8 Å². The average molecular weight is 471 g/mol. The van der Waals surface area contributed by atoms with Gasteiger partial charge in [0.05, 0.1) is 17.9 Å². The zero-order valence-corrected chi connectivity index (χ0v) is 20.1. The second-order valence-corrected chi connectivity index (χ2v) is 9.78. The van der Waals surface area contributed by atoms with Gasteiger partial charge in [-0.3, -0.25) is 0 Å². The van der Waals surface area contributed by atoms with Gasteiger partial charge in [0.25, 0.3) is 0 Å². The Morgan fingerprint density at radius 1 is 1.00 bits per heavy atom. The number of fused-ring (bicyclic) bond motifs is 1. The molecule has 7 heteroatoms. The molecule has 0 radical (unpaired) electrons. The summed E-state index contributed by atoms with van der Waals surface area (Å²) in [6.45, 7) is 5.30. The van der Waals surface area contributed by atoms with Crippen molar-refractivity contribution in [3.63, 3.8) is 0 Å². The summed E-state index contributed by atoms with van der Waals surface area (Å²) >= 11 is 0. The second kappa shape index (κ2) is 9.29. The van der Waals surface area contributed by atoms with Gasteiger partial charge in [0, 0.05) is 19.6 Å². The molecule has 0 N–H and O–H groups in total. The lowest BCUT2D eigenvalue weighted by Gasteiger charge is -2.26. The van der Waals surface area contributed by atoms with E-state index in [0.29, 0.717) is 0 Å². The maximum absolute atomic E-state index is 13.9. The van der Waals surface area contributed by atoms with Crippen LogP contribution in [0.25, 0.3) is 17.0 Å². The summed E-state index contributed by atoms with van der Waals surface area (Å²) in [6.07, 6.45) is 7.65. The summed E-state index contributed by atoms with van der Waals surface area (Å²) in [7, 11) is 0. The van der Waals surface area contributed by atoms with Gasteiger partial charge in [-0.05, 0) is 73.6 Å². The van der Waals surface area contributed by atoms with E-state index in [1.54, 1.807) is 12.1 Å². The van der Waals surface area contributed by atoms with Gasteiger partial charge < -0.3 is 9.80 Å². The second-order valence-electron chi connectivity index (χ2n) is 9.78. The molecule has 2 aliphatic heterocycles. The van der Waals surface area contributed by atoms with Gasteiger partial charge >= 0.3 is 0 Å². The van der Waals surface area contributed by atoms with Crippen molar-refractivity contribution in [2.24, 2.45) is 5.92 Å². The molecular formula is C28H31FN6. The van der Waals surface area contributed by atoms with Crippen LogP contribution in [0.2, 0.25) is 0 Å². The van der Waals surface area contributed by atoms with Crippen molar-refractivity contribution in [3.8, 4) is 11.4 Å². The molecule has 3 aromatic heterocycles. The minimum atomic E-state index is -0.195. The highest BCUT2D eigenvalue weighted by Crippen LogP contribution is 2.36. The van der Waals surface area contributed by atoms with E-state index in [4.69, 9.17) is 10.1 Å². The molecule has 0 spiro atoms. The van der Waals surface area contributed by atoms with Gasteiger partial charge in [-0.2, -0.15) is 0 Å². The quantitative estimate of drug-likeness (QED) is 0.351. The molecule has 6 rings (SSSR count). The highest BCUT2D eigenvalue weighted by molar-refractivity contribution is 5.62. The zero-order chi connectivity index (χ0) is 23.8. The standard InChI is InChI=1S/C28H31FN6/c1-2-6-20-14-16-33(19-20)27-11-4-9-23(31-27)25-18-30-26-12-13-28(32-35(25)26)34-15-5-10-24(34)21-7-3-8-22(29)17-21/h3-4,7-9,11-13,17-18,20,24H,2,5-6,10,14-16,19H2,1H3/t20-,24+/m0/s1. The molecule has 0 saturated carbocycles. The SMILES string of the molecule is CCC[C@H]1CCN(c2cccc(-c3cnc4ccc(N5CCC[C@@H]5c5cccc(F)c5)nn34)n2)C1. The summed E-state index contributed by atoms with van der Waals surface area (Å²) in [5, 5.41) is 4.99. The van der Waals surface area contributed by atoms with Crippen LogP contribution in [-0.4, -0.2) is 39.2 Å². The normalized spacial score (nSPS) is 20.3. The number of aromatic nitrogens is 4. The van der Waals surface area contributed by atoms with Gasteiger partial charge in [0.1, 0.15) is 23.1 Å². The highest BCUT2D eigenvalue weighted by Gasteiger charge is 2.28. The van der Waals surface area contributed by atoms with Gasteiger partial charge in [-0.15, -0.1) is 5.10 Å². The summed E-state index contributed by atoms with van der Waals surface area (Å²) < 4.78 is 15.8. The number of anilines is 2. The topological polar surface area (TPSA) is 49.6 Å². The van der Waals surface area contributed by atoms with Gasteiger partial charge in [0.15, 0.2) is 5.65 Å². The molecule has 2 fully saturated rings. The lowest BCUT2D eigenvalue weighted by Crippen LogP contribution is -2.24. The first-order chi connectivity index (χ1) is 17.2. The Kier molecular flexibility index (Phi) is 5.84. The molecule has 2 saturated heterocycles. The maximum Gasteiger partial charge on any atom is 0.154 e. The monoisotopic (exact) mass is 470 g/mol. The predicted octanol–water partition coefficient (Wildman–Crippen LogP) is 5.90. The van der Waals surface area contributed by atoms with Gasteiger partial charge in [-0.25, -0.2) is 18.9 Å². The van der Waals surface area contributed by atoms with E-state index in [9.17, 15) is 4.39 Å². The molecule has 2 atom stereocenters. The minimum Gasteiger partial charge on any atom is -0.356 e. The van der Waals surface area contributed by atoms with Crippen molar-refractivity contribution >= 4 is 17.3 Å². The molecule has 6 nitrogen and oxygen atoms in total. The molecule has 180 valence electrons. The number of hydrogen-bond donors (Lipinski definition) is 0. The Labute approximate surface area is 205 Å². The fraction of sp³-hybridized carbons (Fsp3) is 0.393. The molecule has 0 unspecified atom stereocenters. The van der Waals surface area contributed by atoms with Crippen LogP contribution in [0, 0.1) is 11.7 Å². The zero-order valence-electron chi connectivity index (χ0n) is 20.1. The van der Waals surface area contributed by atoms with E-state index < -0.39 is 0 Å². The van der Waals surface area contributed by atoms with Crippen molar-refractivity contribution in [2.45, 2.75) is 45.1 Å². The summed E-state index contributed by atoms with van der Waals surface area (Å²) in [4.78, 5) is 14.3. The fourth-order valence-corrected chi connectivity index (χ4v) is 5.72. The van der Waals surface area contributed by atoms with Crippen LogP contribution >= 0.6 is 0 Å². The average Bonchev–Trinajstić information content (AvgIpc) is 3.63. The summed E-state index contributed by atoms with van der Waals surface area (Å²) in [5.41, 5.74) is 3.55. The predicted molar refractivity (Wildman–Crippen MR) is 137 cm³/mol. The third-order valence-electron chi connectivity index (χ3n) is 7.43. The van der Waals surface area contributed by atoms with Crippen molar-refractivity contribution < 1.29 is 4.39 Å². The van der Waals surface area contributed by atoms with E-state index in [0.717, 1.165) is 72.6 Å². The number of imidazole rings is 1. The highest BCUT2D eigenvalue weighted by atomic mass is 19.1.